The fourth-order valence-electron chi connectivity index (χ4n) is 1.04. The molecule has 0 bridgehead atoms. The number of rotatable bonds is 1. The van der Waals surface area contributed by atoms with Gasteiger partial charge in [-0.1, -0.05) is 0 Å². The molecule has 1 rings (SSSR count). The Balaban J connectivity index is 3.51. The van der Waals surface area contributed by atoms with E-state index in [0.717, 1.165) is 0 Å². The zero-order valence-corrected chi connectivity index (χ0v) is 8.34. The third-order valence-electron chi connectivity index (χ3n) is 1.74. The molecule has 0 amide bonds. The molecule has 16 heavy (non-hydrogen) atoms. The minimum atomic E-state index is -4.70. The maximum atomic E-state index is 12.4. The van der Waals surface area contributed by atoms with Gasteiger partial charge >= 0.3 is 6.18 Å². The van der Waals surface area contributed by atoms with Crippen molar-refractivity contribution in [2.75, 3.05) is 0 Å². The van der Waals surface area contributed by atoms with Crippen molar-refractivity contribution in [2.45, 2.75) is 11.1 Å². The average Bonchev–Trinajstić information content (AvgIpc) is 2.15. The predicted molar refractivity (Wildman–Crippen MR) is 50.1 cm³/mol. The first-order valence-corrected chi connectivity index (χ1v) is 4.20. The van der Waals surface area contributed by atoms with Gasteiger partial charge in [0, 0.05) is 11.0 Å². The Bertz CT molecular complexity index is 493. The number of hydrogen-bond donors (Lipinski definition) is 1. The summed E-state index contributed by atoms with van der Waals surface area (Å²) in [5.74, 6) is 0. The zero-order valence-electron chi connectivity index (χ0n) is 7.45. The summed E-state index contributed by atoms with van der Waals surface area (Å²) < 4.78 is 37.1. The maximum absolute atomic E-state index is 12.4. The summed E-state index contributed by atoms with van der Waals surface area (Å²) in [7, 11) is 0. The Morgan fingerprint density at radius 1 is 1.44 bits per heavy atom. The quantitative estimate of drug-likeness (QED) is 0.472. The number of thiol groups is 1. The summed E-state index contributed by atoms with van der Waals surface area (Å²) in [6.45, 7) is 0. The van der Waals surface area contributed by atoms with Gasteiger partial charge in [0.15, 0.2) is 0 Å². The first-order valence-electron chi connectivity index (χ1n) is 3.76. The topological polar surface area (TPSA) is 66.9 Å². The van der Waals surface area contributed by atoms with E-state index in [2.05, 4.69) is 12.6 Å². The van der Waals surface area contributed by atoms with E-state index in [0.29, 0.717) is 12.1 Å². The molecule has 1 aromatic carbocycles. The number of hydrogen-bond acceptors (Lipinski definition) is 4. The summed E-state index contributed by atoms with van der Waals surface area (Å²) in [6, 6.07) is 2.37. The molecule has 1 aromatic rings. The number of nitro groups is 1. The Kier molecular flexibility index (Phi) is 3.09. The minimum Gasteiger partial charge on any atom is -0.258 e. The molecule has 0 fully saturated rings. The molecule has 0 radical (unpaired) electrons. The van der Waals surface area contributed by atoms with E-state index < -0.39 is 32.8 Å². The second-order valence-corrected chi connectivity index (χ2v) is 3.23. The van der Waals surface area contributed by atoms with Crippen LogP contribution in [0.1, 0.15) is 11.1 Å². The summed E-state index contributed by atoms with van der Waals surface area (Å²) >= 11 is 3.51. The van der Waals surface area contributed by atoms with Gasteiger partial charge in [-0.2, -0.15) is 18.4 Å². The van der Waals surface area contributed by atoms with Crippen molar-refractivity contribution >= 4 is 18.3 Å². The molecule has 0 unspecified atom stereocenters. The molecule has 0 heterocycles. The lowest BCUT2D eigenvalue weighted by Crippen LogP contribution is -2.07. The number of benzene rings is 1. The number of halogens is 3. The van der Waals surface area contributed by atoms with Gasteiger partial charge in [-0.25, -0.2) is 0 Å². The third-order valence-corrected chi connectivity index (χ3v) is 2.11. The molecule has 4 nitrogen and oxygen atoms in total. The summed E-state index contributed by atoms with van der Waals surface area (Å²) in [5.41, 5.74) is -2.51. The first kappa shape index (κ1) is 12.3. The van der Waals surface area contributed by atoms with Crippen molar-refractivity contribution in [1.29, 1.82) is 5.26 Å². The van der Waals surface area contributed by atoms with Gasteiger partial charge in [0.2, 0.25) is 0 Å². The van der Waals surface area contributed by atoms with Crippen molar-refractivity contribution in [3.63, 3.8) is 0 Å². The Morgan fingerprint density at radius 2 is 2.00 bits per heavy atom. The van der Waals surface area contributed by atoms with Gasteiger partial charge in [0.1, 0.15) is 11.6 Å². The second-order valence-electron chi connectivity index (χ2n) is 2.75. The van der Waals surface area contributed by atoms with Crippen LogP contribution < -0.4 is 0 Å². The third kappa shape index (κ3) is 2.25. The van der Waals surface area contributed by atoms with Crippen molar-refractivity contribution in [3.05, 3.63) is 33.4 Å². The van der Waals surface area contributed by atoms with Crippen LogP contribution in [0.2, 0.25) is 0 Å². The fourth-order valence-corrected chi connectivity index (χ4v) is 1.36. The largest absolute Gasteiger partial charge is 0.417 e. The summed E-state index contributed by atoms with van der Waals surface area (Å²) in [5, 5.41) is 18.9. The Labute approximate surface area is 92.9 Å². The van der Waals surface area contributed by atoms with E-state index in [9.17, 15) is 23.3 Å². The SMILES string of the molecule is N#Cc1cc(C(F)(F)F)c(S)cc1[N+](=O)[O-]. The van der Waals surface area contributed by atoms with Crippen LogP contribution in [-0.2, 0) is 6.18 Å². The molecule has 0 aliphatic heterocycles. The van der Waals surface area contributed by atoms with Gasteiger partial charge < -0.3 is 0 Å². The van der Waals surface area contributed by atoms with Crippen LogP contribution in [0.25, 0.3) is 0 Å². The van der Waals surface area contributed by atoms with Crippen molar-refractivity contribution in [1.82, 2.24) is 0 Å². The molecule has 0 spiro atoms. The normalized spacial score (nSPS) is 10.9. The smallest absolute Gasteiger partial charge is 0.258 e. The Hall–Kier alpha value is -1.75. The van der Waals surface area contributed by atoms with Crippen LogP contribution in [0.5, 0.6) is 0 Å². The maximum Gasteiger partial charge on any atom is 0.417 e. The number of nitrogens with zero attached hydrogens (tertiary/aromatic N) is 2. The molecule has 8 heteroatoms. The van der Waals surface area contributed by atoms with E-state index in [1.165, 1.54) is 6.07 Å². The highest BCUT2D eigenvalue weighted by Gasteiger charge is 2.35. The standard InChI is InChI=1S/C8H3F3N2O2S/c9-8(10,11)5-1-4(3-12)6(13(14)15)2-7(5)16/h1-2,16H. The van der Waals surface area contributed by atoms with Crippen molar-refractivity contribution in [3.8, 4) is 6.07 Å². The first-order chi connectivity index (χ1) is 7.27. The molecular formula is C8H3F3N2O2S. The fraction of sp³-hybridized carbons (Fsp3) is 0.125. The molecule has 0 N–H and O–H groups in total. The monoisotopic (exact) mass is 248 g/mol. The van der Waals surface area contributed by atoms with Gasteiger partial charge in [0.05, 0.1) is 10.5 Å². The number of nitriles is 1. The van der Waals surface area contributed by atoms with Crippen LogP contribution in [0.4, 0.5) is 18.9 Å². The lowest BCUT2D eigenvalue weighted by molar-refractivity contribution is -0.385. The van der Waals surface area contributed by atoms with Crippen LogP contribution in [0.15, 0.2) is 17.0 Å². The molecule has 0 saturated carbocycles. The highest BCUT2D eigenvalue weighted by Crippen LogP contribution is 2.37. The molecule has 0 aliphatic carbocycles. The Morgan fingerprint density at radius 3 is 2.38 bits per heavy atom. The summed E-state index contributed by atoms with van der Waals surface area (Å²) in [6.07, 6.45) is -4.70. The average molecular weight is 248 g/mol. The van der Waals surface area contributed by atoms with E-state index in [4.69, 9.17) is 5.26 Å². The van der Waals surface area contributed by atoms with Crippen molar-refractivity contribution in [2.24, 2.45) is 0 Å². The van der Waals surface area contributed by atoms with Crippen molar-refractivity contribution < 1.29 is 18.1 Å². The molecule has 0 saturated heterocycles. The van der Waals surface area contributed by atoms with Gasteiger partial charge in [-0.05, 0) is 6.07 Å². The minimum absolute atomic E-state index is 0.417. The van der Waals surface area contributed by atoms with Crippen LogP contribution in [0, 0.1) is 21.4 Å². The molecule has 0 aromatic heterocycles. The van der Waals surface area contributed by atoms with E-state index in [1.54, 1.807) is 0 Å². The predicted octanol–water partition coefficient (Wildman–Crippen LogP) is 2.77. The highest BCUT2D eigenvalue weighted by molar-refractivity contribution is 7.80. The molecule has 0 atom stereocenters. The molecular weight excluding hydrogens is 245 g/mol. The molecule has 84 valence electrons. The van der Waals surface area contributed by atoms with E-state index >= 15 is 0 Å². The highest BCUT2D eigenvalue weighted by atomic mass is 32.1. The number of nitro benzene ring substituents is 1. The molecule has 0 aliphatic rings. The second kappa shape index (κ2) is 4.02. The number of alkyl halides is 3. The lowest BCUT2D eigenvalue weighted by atomic mass is 10.1. The van der Waals surface area contributed by atoms with Gasteiger partial charge in [-0.3, -0.25) is 10.1 Å². The zero-order chi connectivity index (χ0) is 12.5. The van der Waals surface area contributed by atoms with E-state index in [1.807, 2.05) is 0 Å². The van der Waals surface area contributed by atoms with Crippen LogP contribution >= 0.6 is 12.6 Å². The van der Waals surface area contributed by atoms with E-state index in [-0.39, 0.29) is 0 Å². The summed E-state index contributed by atoms with van der Waals surface area (Å²) in [4.78, 5) is 8.92. The van der Waals surface area contributed by atoms with Crippen LogP contribution in [-0.4, -0.2) is 4.92 Å². The van der Waals surface area contributed by atoms with Gasteiger partial charge in [0.25, 0.3) is 5.69 Å². The van der Waals surface area contributed by atoms with Crippen LogP contribution in [0.3, 0.4) is 0 Å². The lowest BCUT2D eigenvalue weighted by Gasteiger charge is -2.09. The van der Waals surface area contributed by atoms with Gasteiger partial charge in [-0.15, -0.1) is 12.6 Å².